The van der Waals surface area contributed by atoms with Gasteiger partial charge in [0.25, 0.3) is 0 Å². The monoisotopic (exact) mass is 420 g/mol. The third-order valence-corrected chi connectivity index (χ3v) is 6.71. The summed E-state index contributed by atoms with van der Waals surface area (Å²) >= 11 is 0. The highest BCUT2D eigenvalue weighted by Crippen LogP contribution is 2.39. The summed E-state index contributed by atoms with van der Waals surface area (Å²) in [5, 5.41) is 10.6. The largest absolute Gasteiger partial charge is 0.493 e. The molecule has 1 spiro atoms. The van der Waals surface area contributed by atoms with Crippen LogP contribution in [0.1, 0.15) is 24.8 Å². The van der Waals surface area contributed by atoms with Gasteiger partial charge in [0, 0.05) is 45.9 Å². The second-order valence-electron chi connectivity index (χ2n) is 8.94. The second kappa shape index (κ2) is 10.3. The van der Waals surface area contributed by atoms with Crippen molar-refractivity contribution in [3.05, 3.63) is 23.8 Å². The third kappa shape index (κ3) is 5.65. The summed E-state index contributed by atoms with van der Waals surface area (Å²) in [6.45, 7) is 9.12. The van der Waals surface area contributed by atoms with Crippen molar-refractivity contribution in [1.29, 1.82) is 0 Å². The average Bonchev–Trinajstić information content (AvgIpc) is 3.15. The van der Waals surface area contributed by atoms with Gasteiger partial charge in [0.15, 0.2) is 11.5 Å². The Morgan fingerprint density at radius 2 is 1.77 bits per heavy atom. The lowest BCUT2D eigenvalue weighted by Crippen LogP contribution is -2.37. The number of benzene rings is 1. The Balaban J connectivity index is 1.28. The number of aliphatic hydroxyl groups is 1. The van der Waals surface area contributed by atoms with Crippen LogP contribution in [-0.4, -0.2) is 93.9 Å². The number of rotatable bonds is 8. The molecule has 0 bridgehead atoms. The lowest BCUT2D eigenvalue weighted by Gasteiger charge is -2.33. The predicted molar refractivity (Wildman–Crippen MR) is 114 cm³/mol. The fourth-order valence-corrected chi connectivity index (χ4v) is 4.88. The van der Waals surface area contributed by atoms with Crippen molar-refractivity contribution in [3.8, 4) is 11.5 Å². The molecule has 0 radical (unpaired) electrons. The first kappa shape index (κ1) is 21.8. The number of methoxy groups -OCH3 is 1. The highest BCUT2D eigenvalue weighted by molar-refractivity contribution is 5.43. The molecule has 0 saturated carbocycles. The lowest BCUT2D eigenvalue weighted by atomic mass is 9.80. The molecule has 7 nitrogen and oxygen atoms in total. The van der Waals surface area contributed by atoms with Crippen LogP contribution in [0.2, 0.25) is 0 Å². The molecule has 0 aliphatic carbocycles. The van der Waals surface area contributed by atoms with Crippen LogP contribution in [0.15, 0.2) is 18.2 Å². The maximum absolute atomic E-state index is 10.6. The molecular weight excluding hydrogens is 384 g/mol. The third-order valence-electron chi connectivity index (χ3n) is 6.71. The molecule has 3 saturated heterocycles. The molecule has 3 aliphatic rings. The van der Waals surface area contributed by atoms with Crippen LogP contribution in [0, 0.1) is 5.41 Å². The highest BCUT2D eigenvalue weighted by atomic mass is 16.5. The Morgan fingerprint density at radius 3 is 2.53 bits per heavy atom. The van der Waals surface area contributed by atoms with Crippen LogP contribution in [0.4, 0.5) is 0 Å². The van der Waals surface area contributed by atoms with Gasteiger partial charge in [0.05, 0.1) is 20.3 Å². The first-order valence-corrected chi connectivity index (χ1v) is 11.2. The van der Waals surface area contributed by atoms with Gasteiger partial charge in [0.2, 0.25) is 0 Å². The topological polar surface area (TPSA) is 63.6 Å². The van der Waals surface area contributed by atoms with Crippen LogP contribution < -0.4 is 9.47 Å². The first-order chi connectivity index (χ1) is 14.7. The number of morpholine rings is 1. The molecule has 3 aliphatic heterocycles. The van der Waals surface area contributed by atoms with Gasteiger partial charge in [-0.25, -0.2) is 0 Å². The van der Waals surface area contributed by atoms with E-state index in [1.54, 1.807) is 7.11 Å². The standard InChI is InChI=1S/C23H36N2O5/c1-27-21-3-2-19(15-24-8-12-29-13-9-24)14-22(21)30-17-20(26)16-25-7-4-23(18-25)5-10-28-11-6-23/h2-3,14,20,26H,4-13,15-18H2,1H3. The van der Waals surface area contributed by atoms with E-state index in [0.717, 1.165) is 72.0 Å². The Bertz CT molecular complexity index is 674. The number of ether oxygens (including phenoxy) is 4. The van der Waals surface area contributed by atoms with E-state index in [1.807, 2.05) is 12.1 Å². The molecule has 7 heteroatoms. The summed E-state index contributed by atoms with van der Waals surface area (Å²) in [5.41, 5.74) is 1.58. The zero-order valence-electron chi connectivity index (χ0n) is 18.2. The Hall–Kier alpha value is -1.38. The number of aliphatic hydroxyl groups excluding tert-OH is 1. The minimum absolute atomic E-state index is 0.268. The van der Waals surface area contributed by atoms with Crippen LogP contribution in [0.3, 0.4) is 0 Å². The maximum atomic E-state index is 10.6. The van der Waals surface area contributed by atoms with Gasteiger partial charge in [0.1, 0.15) is 12.7 Å². The lowest BCUT2D eigenvalue weighted by molar-refractivity contribution is 0.0148. The van der Waals surface area contributed by atoms with Gasteiger partial charge < -0.3 is 29.0 Å². The fourth-order valence-electron chi connectivity index (χ4n) is 4.88. The van der Waals surface area contributed by atoms with Crippen molar-refractivity contribution < 1.29 is 24.1 Å². The van der Waals surface area contributed by atoms with Gasteiger partial charge in [-0.3, -0.25) is 4.90 Å². The summed E-state index contributed by atoms with van der Waals surface area (Å²) in [5.74, 6) is 1.40. The maximum Gasteiger partial charge on any atom is 0.161 e. The number of hydrogen-bond acceptors (Lipinski definition) is 7. The SMILES string of the molecule is COc1ccc(CN2CCOCC2)cc1OCC(O)CN1CCC2(CCOCC2)C1. The molecule has 0 amide bonds. The van der Waals surface area contributed by atoms with Crippen molar-refractivity contribution in [3.63, 3.8) is 0 Å². The van der Waals surface area contributed by atoms with E-state index in [-0.39, 0.29) is 6.61 Å². The van der Waals surface area contributed by atoms with E-state index < -0.39 is 6.10 Å². The Morgan fingerprint density at radius 1 is 1.00 bits per heavy atom. The zero-order valence-corrected chi connectivity index (χ0v) is 18.2. The summed E-state index contributed by atoms with van der Waals surface area (Å²) in [6, 6.07) is 6.07. The summed E-state index contributed by atoms with van der Waals surface area (Å²) < 4.78 is 22.4. The summed E-state index contributed by atoms with van der Waals surface area (Å²) in [7, 11) is 1.65. The normalized spacial score (nSPS) is 23.5. The molecule has 168 valence electrons. The van der Waals surface area contributed by atoms with Crippen LogP contribution in [0.5, 0.6) is 11.5 Å². The van der Waals surface area contributed by atoms with E-state index in [0.29, 0.717) is 23.5 Å². The van der Waals surface area contributed by atoms with E-state index in [4.69, 9.17) is 18.9 Å². The van der Waals surface area contributed by atoms with Gasteiger partial charge in [-0.1, -0.05) is 6.07 Å². The number of likely N-dealkylation sites (tertiary alicyclic amines) is 1. The van der Waals surface area contributed by atoms with Crippen LogP contribution in [-0.2, 0) is 16.0 Å². The minimum Gasteiger partial charge on any atom is -0.493 e. The van der Waals surface area contributed by atoms with Crippen molar-refractivity contribution in [2.45, 2.75) is 31.9 Å². The molecule has 4 rings (SSSR count). The molecule has 1 N–H and O–H groups in total. The highest BCUT2D eigenvalue weighted by Gasteiger charge is 2.39. The Labute approximate surface area is 179 Å². The molecule has 1 aromatic carbocycles. The van der Waals surface area contributed by atoms with Crippen molar-refractivity contribution in [2.75, 3.05) is 72.9 Å². The average molecular weight is 421 g/mol. The quantitative estimate of drug-likeness (QED) is 0.688. The number of hydrogen-bond donors (Lipinski definition) is 1. The minimum atomic E-state index is -0.521. The summed E-state index contributed by atoms with van der Waals surface area (Å²) in [6.07, 6.45) is 2.97. The van der Waals surface area contributed by atoms with Gasteiger partial charge in [-0.15, -0.1) is 0 Å². The molecule has 30 heavy (non-hydrogen) atoms. The van der Waals surface area contributed by atoms with Gasteiger partial charge in [-0.05, 0) is 48.9 Å². The molecule has 0 aromatic heterocycles. The van der Waals surface area contributed by atoms with Crippen LogP contribution in [0.25, 0.3) is 0 Å². The van der Waals surface area contributed by atoms with E-state index in [2.05, 4.69) is 15.9 Å². The number of nitrogens with zero attached hydrogens (tertiary/aromatic N) is 2. The second-order valence-corrected chi connectivity index (χ2v) is 8.94. The van der Waals surface area contributed by atoms with E-state index in [1.165, 1.54) is 12.0 Å². The van der Waals surface area contributed by atoms with E-state index >= 15 is 0 Å². The van der Waals surface area contributed by atoms with E-state index in [9.17, 15) is 5.11 Å². The van der Waals surface area contributed by atoms with Crippen molar-refractivity contribution in [1.82, 2.24) is 9.80 Å². The molecular formula is C23H36N2O5. The summed E-state index contributed by atoms with van der Waals surface area (Å²) in [4.78, 5) is 4.76. The Kier molecular flexibility index (Phi) is 7.49. The van der Waals surface area contributed by atoms with Gasteiger partial charge in [-0.2, -0.15) is 0 Å². The van der Waals surface area contributed by atoms with Crippen molar-refractivity contribution in [2.24, 2.45) is 5.41 Å². The predicted octanol–water partition coefficient (Wildman–Crippen LogP) is 1.77. The van der Waals surface area contributed by atoms with Gasteiger partial charge >= 0.3 is 0 Å². The zero-order chi connectivity index (χ0) is 20.8. The first-order valence-electron chi connectivity index (χ1n) is 11.2. The van der Waals surface area contributed by atoms with Crippen molar-refractivity contribution >= 4 is 0 Å². The number of β-amino-alcohol motifs (C(OH)–C–C–N with tert-alkyl or cyclic N) is 1. The molecule has 3 fully saturated rings. The molecule has 1 atom stereocenters. The molecule has 1 aromatic rings. The molecule has 1 unspecified atom stereocenters. The smallest absolute Gasteiger partial charge is 0.161 e. The molecule has 3 heterocycles. The van der Waals surface area contributed by atoms with Crippen LogP contribution >= 0.6 is 0 Å². The fraction of sp³-hybridized carbons (Fsp3) is 0.739.